The third-order valence-electron chi connectivity index (χ3n) is 11.5. The number of rotatable bonds is 4. The summed E-state index contributed by atoms with van der Waals surface area (Å²) in [6, 6.07) is 58.6. The van der Waals surface area contributed by atoms with Crippen LogP contribution >= 0.6 is 0 Å². The lowest BCUT2D eigenvalue weighted by Crippen LogP contribution is -1.92. The van der Waals surface area contributed by atoms with Crippen LogP contribution in [0.15, 0.2) is 182 Å². The lowest BCUT2D eigenvalue weighted by Gasteiger charge is -2.17. The third kappa shape index (κ3) is 4.73. The summed E-state index contributed by atoms with van der Waals surface area (Å²) >= 11 is 0. The van der Waals surface area contributed by atoms with E-state index in [1.165, 1.54) is 43.4 Å². The molecule has 4 heteroatoms. The van der Waals surface area contributed by atoms with E-state index >= 15 is 0 Å². The first kappa shape index (κ1) is 30.9. The van der Waals surface area contributed by atoms with Crippen molar-refractivity contribution in [3.63, 3.8) is 0 Å². The van der Waals surface area contributed by atoms with Gasteiger partial charge in [-0.25, -0.2) is 9.97 Å². The average molecular weight is 711 g/mol. The van der Waals surface area contributed by atoms with Crippen LogP contribution in [0.25, 0.3) is 121 Å². The molecular weight excluding hydrogens is 681 g/mol. The molecule has 0 fully saturated rings. The van der Waals surface area contributed by atoms with Crippen molar-refractivity contribution in [3.05, 3.63) is 182 Å². The Balaban J connectivity index is 0.990. The second-order valence-electron chi connectivity index (χ2n) is 14.7. The van der Waals surface area contributed by atoms with E-state index in [-0.39, 0.29) is 0 Å². The van der Waals surface area contributed by atoms with Crippen LogP contribution in [0, 0.1) is 0 Å². The summed E-state index contributed by atoms with van der Waals surface area (Å²) in [7, 11) is 0. The van der Waals surface area contributed by atoms with Gasteiger partial charge in [0, 0.05) is 56.8 Å². The van der Waals surface area contributed by atoms with Crippen LogP contribution in [0.1, 0.15) is 0 Å². The number of benzene rings is 8. The monoisotopic (exact) mass is 710 g/mol. The Bertz CT molecular complexity index is 3550. The molecule has 0 saturated heterocycles. The van der Waals surface area contributed by atoms with Crippen molar-refractivity contribution in [1.29, 1.82) is 0 Å². The van der Waals surface area contributed by atoms with Crippen LogP contribution in [0.4, 0.5) is 0 Å². The molecule has 8 aromatic carbocycles. The molecule has 0 amide bonds. The normalized spacial score (nSPS) is 11.9. The lowest BCUT2D eigenvalue weighted by molar-refractivity contribution is 1.33. The maximum absolute atomic E-state index is 5.31. The Hall–Kier alpha value is -7.56. The van der Waals surface area contributed by atoms with Gasteiger partial charge in [-0.15, -0.1) is 0 Å². The Morgan fingerprint density at radius 3 is 1.71 bits per heavy atom. The summed E-state index contributed by atoms with van der Waals surface area (Å²) in [5.74, 6) is 0. The van der Waals surface area contributed by atoms with Crippen LogP contribution in [-0.2, 0) is 0 Å². The third-order valence-corrected chi connectivity index (χ3v) is 11.5. The van der Waals surface area contributed by atoms with Gasteiger partial charge in [-0.3, -0.25) is 9.97 Å². The molecule has 0 saturated carbocycles. The molecule has 0 aliphatic carbocycles. The summed E-state index contributed by atoms with van der Waals surface area (Å²) in [6.07, 6.45) is 5.82. The van der Waals surface area contributed by atoms with Gasteiger partial charge in [0.1, 0.15) is 0 Å². The number of fused-ring (bicyclic) bond motifs is 5. The predicted octanol–water partition coefficient (Wildman–Crippen LogP) is 13.4. The molecule has 12 aromatic rings. The zero-order valence-corrected chi connectivity index (χ0v) is 30.1. The molecule has 0 aliphatic heterocycles. The van der Waals surface area contributed by atoms with E-state index < -0.39 is 0 Å². The first-order valence-corrected chi connectivity index (χ1v) is 18.9. The van der Waals surface area contributed by atoms with Crippen molar-refractivity contribution in [2.75, 3.05) is 0 Å². The highest BCUT2D eigenvalue weighted by atomic mass is 14.8. The van der Waals surface area contributed by atoms with Gasteiger partial charge < -0.3 is 0 Å². The first-order valence-electron chi connectivity index (χ1n) is 18.9. The summed E-state index contributed by atoms with van der Waals surface area (Å²) in [5, 5.41) is 13.0. The highest BCUT2D eigenvalue weighted by Crippen LogP contribution is 2.43. The first-order chi connectivity index (χ1) is 27.7. The molecule has 0 atom stereocenters. The standard InChI is InChI=1S/C52H30N4/c1-3-10-40-38(7-1)28-53-30-45(40)48-25-19-34-13-12-33-18-24-47(55-51(33)52(34)56-48)37-9-5-8-35(26-37)41-20-14-31-17-23-44-42(21-15-32-16-22-43(41)49(31)50(32)44)39-27-36-6-2-4-11-46(36)54-29-39/h1-30H. The van der Waals surface area contributed by atoms with Crippen LogP contribution in [-0.4, -0.2) is 19.9 Å². The van der Waals surface area contributed by atoms with Gasteiger partial charge >= 0.3 is 0 Å². The Morgan fingerprint density at radius 1 is 0.321 bits per heavy atom. The second-order valence-corrected chi connectivity index (χ2v) is 14.7. The summed E-state index contributed by atoms with van der Waals surface area (Å²) in [6.45, 7) is 0. The number of para-hydroxylation sites is 1. The van der Waals surface area contributed by atoms with Gasteiger partial charge in [-0.1, -0.05) is 133 Å². The number of nitrogens with zero attached hydrogens (tertiary/aromatic N) is 4. The second kappa shape index (κ2) is 12.0. The van der Waals surface area contributed by atoms with Crippen LogP contribution in [0.3, 0.4) is 0 Å². The number of hydrogen-bond acceptors (Lipinski definition) is 4. The van der Waals surface area contributed by atoms with E-state index in [0.717, 1.165) is 77.1 Å². The zero-order chi connectivity index (χ0) is 36.7. The molecular formula is C52H30N4. The number of hydrogen-bond donors (Lipinski definition) is 0. The summed E-state index contributed by atoms with van der Waals surface area (Å²) < 4.78 is 0. The maximum atomic E-state index is 5.31. The molecule has 12 rings (SSSR count). The van der Waals surface area contributed by atoms with Gasteiger partial charge in [0.15, 0.2) is 0 Å². The smallest absolute Gasteiger partial charge is 0.0972 e. The van der Waals surface area contributed by atoms with Crippen molar-refractivity contribution in [2.24, 2.45) is 0 Å². The van der Waals surface area contributed by atoms with E-state index in [0.29, 0.717) is 0 Å². The Morgan fingerprint density at radius 2 is 0.929 bits per heavy atom. The quantitative estimate of drug-likeness (QED) is 0.171. The lowest BCUT2D eigenvalue weighted by atomic mass is 9.87. The van der Waals surface area contributed by atoms with Crippen molar-refractivity contribution >= 4 is 75.8 Å². The molecule has 0 N–H and O–H groups in total. The van der Waals surface area contributed by atoms with Gasteiger partial charge in [0.2, 0.25) is 0 Å². The maximum Gasteiger partial charge on any atom is 0.0972 e. The molecule has 258 valence electrons. The Kier molecular flexibility index (Phi) is 6.60. The zero-order valence-electron chi connectivity index (χ0n) is 30.1. The van der Waals surface area contributed by atoms with Crippen molar-refractivity contribution in [2.45, 2.75) is 0 Å². The largest absolute Gasteiger partial charge is 0.263 e. The van der Waals surface area contributed by atoms with E-state index in [2.05, 4.69) is 157 Å². The molecule has 0 bridgehead atoms. The summed E-state index contributed by atoms with van der Waals surface area (Å²) in [4.78, 5) is 19.9. The van der Waals surface area contributed by atoms with E-state index in [4.69, 9.17) is 15.0 Å². The van der Waals surface area contributed by atoms with Gasteiger partial charge in [-0.05, 0) is 84.7 Å². The fourth-order valence-corrected chi connectivity index (χ4v) is 8.77. The van der Waals surface area contributed by atoms with Crippen LogP contribution in [0.5, 0.6) is 0 Å². The minimum atomic E-state index is 0.886. The molecule has 4 aromatic heterocycles. The molecule has 4 heterocycles. The van der Waals surface area contributed by atoms with Crippen molar-refractivity contribution in [3.8, 4) is 44.8 Å². The average Bonchev–Trinajstić information content (AvgIpc) is 3.27. The van der Waals surface area contributed by atoms with E-state index in [9.17, 15) is 0 Å². The van der Waals surface area contributed by atoms with Gasteiger partial charge in [0.05, 0.1) is 27.9 Å². The number of pyridine rings is 4. The van der Waals surface area contributed by atoms with E-state index in [1.807, 2.05) is 30.7 Å². The number of aromatic nitrogens is 4. The molecule has 0 unspecified atom stereocenters. The Labute approximate surface area is 321 Å². The predicted molar refractivity (Wildman–Crippen MR) is 233 cm³/mol. The minimum absolute atomic E-state index is 0.886. The minimum Gasteiger partial charge on any atom is -0.263 e. The van der Waals surface area contributed by atoms with Crippen LogP contribution in [0.2, 0.25) is 0 Å². The van der Waals surface area contributed by atoms with Crippen molar-refractivity contribution in [1.82, 2.24) is 19.9 Å². The molecule has 0 aliphatic rings. The SMILES string of the molecule is c1cc(-c2ccc3ccc4ccc(-c5cncc6ccccc56)nc4c3n2)cc(-c2ccc3ccc4c(-c5cnc6ccccc6c5)ccc5ccc2c3c54)c1. The molecule has 0 spiro atoms. The summed E-state index contributed by atoms with van der Waals surface area (Å²) in [5.41, 5.74) is 11.3. The fourth-order valence-electron chi connectivity index (χ4n) is 8.77. The topological polar surface area (TPSA) is 51.6 Å². The molecule has 56 heavy (non-hydrogen) atoms. The van der Waals surface area contributed by atoms with Gasteiger partial charge in [0.25, 0.3) is 0 Å². The highest BCUT2D eigenvalue weighted by Gasteiger charge is 2.17. The molecule has 0 radical (unpaired) electrons. The van der Waals surface area contributed by atoms with Gasteiger partial charge in [-0.2, -0.15) is 0 Å². The van der Waals surface area contributed by atoms with Crippen molar-refractivity contribution < 1.29 is 0 Å². The molecule has 4 nitrogen and oxygen atoms in total. The highest BCUT2D eigenvalue weighted by molar-refractivity contribution is 6.27. The fraction of sp³-hybridized carbons (Fsp3) is 0. The van der Waals surface area contributed by atoms with E-state index in [1.54, 1.807) is 0 Å². The van der Waals surface area contributed by atoms with Crippen LogP contribution < -0.4 is 0 Å².